The zero-order chi connectivity index (χ0) is 15.1. The maximum absolute atomic E-state index is 12.7. The van der Waals surface area contributed by atoms with Crippen molar-refractivity contribution in [3.05, 3.63) is 52.7 Å². The van der Waals surface area contributed by atoms with E-state index in [4.69, 9.17) is 0 Å². The molecule has 1 aliphatic heterocycles. The van der Waals surface area contributed by atoms with Gasteiger partial charge in [-0.1, -0.05) is 6.07 Å². The van der Waals surface area contributed by atoms with E-state index in [2.05, 4.69) is 15.1 Å². The molecular weight excluding hydrogens is 282 g/mol. The van der Waals surface area contributed by atoms with Crippen molar-refractivity contribution in [1.29, 1.82) is 0 Å². The predicted octanol–water partition coefficient (Wildman–Crippen LogP) is 1.14. The quantitative estimate of drug-likeness (QED) is 0.743. The molecule has 0 saturated carbocycles. The third kappa shape index (κ3) is 2.02. The number of imidazole rings is 1. The van der Waals surface area contributed by atoms with Gasteiger partial charge in [0.15, 0.2) is 0 Å². The van der Waals surface area contributed by atoms with Crippen LogP contribution in [0.25, 0.3) is 11.0 Å². The molecule has 0 radical (unpaired) electrons. The molecule has 1 saturated heterocycles. The summed E-state index contributed by atoms with van der Waals surface area (Å²) in [5.74, 6) is -0.0597. The van der Waals surface area contributed by atoms with E-state index < -0.39 is 0 Å². The average Bonchev–Trinajstić information content (AvgIpc) is 3.24. The lowest BCUT2D eigenvalue weighted by molar-refractivity contribution is 0.0789. The van der Waals surface area contributed by atoms with Gasteiger partial charge in [-0.3, -0.25) is 9.48 Å². The average molecular weight is 297 g/mol. The molecular formula is C15H15N5O2. The number of rotatable bonds is 2. The number of aromatic amines is 2. The number of para-hydroxylation sites is 1. The number of nitrogens with one attached hydrogen (secondary N) is 2. The van der Waals surface area contributed by atoms with Crippen molar-refractivity contribution in [2.24, 2.45) is 0 Å². The van der Waals surface area contributed by atoms with Crippen molar-refractivity contribution in [1.82, 2.24) is 24.6 Å². The Morgan fingerprint density at radius 1 is 1.27 bits per heavy atom. The molecule has 2 N–H and O–H groups in total. The Balaban J connectivity index is 1.63. The summed E-state index contributed by atoms with van der Waals surface area (Å²) < 4.78 is 1.89. The topological polar surface area (TPSA) is 86.8 Å². The van der Waals surface area contributed by atoms with Gasteiger partial charge in [0.1, 0.15) is 0 Å². The summed E-state index contributed by atoms with van der Waals surface area (Å²) in [5, 5.41) is 4.24. The number of hydrogen-bond acceptors (Lipinski definition) is 3. The molecule has 0 bridgehead atoms. The fourth-order valence-corrected chi connectivity index (χ4v) is 3.05. The Morgan fingerprint density at radius 3 is 3.00 bits per heavy atom. The standard InChI is InChI=1S/C15H15N5O2/c21-14(11-3-1-4-12-13(11)18-15(22)17-12)19-8-5-10(9-19)20-7-2-6-16-20/h1-4,6-7,10H,5,8-9H2,(H2,17,18,22). The van der Waals surface area contributed by atoms with Gasteiger partial charge in [-0.15, -0.1) is 0 Å². The summed E-state index contributed by atoms with van der Waals surface area (Å²) >= 11 is 0. The fraction of sp³-hybridized carbons (Fsp3) is 0.267. The number of fused-ring (bicyclic) bond motifs is 1. The van der Waals surface area contributed by atoms with E-state index in [9.17, 15) is 9.59 Å². The van der Waals surface area contributed by atoms with Crippen LogP contribution in [-0.2, 0) is 0 Å². The molecule has 112 valence electrons. The number of aromatic nitrogens is 4. The molecule has 3 aromatic rings. The molecule has 1 aromatic carbocycles. The fourth-order valence-electron chi connectivity index (χ4n) is 3.05. The van der Waals surface area contributed by atoms with Crippen molar-refractivity contribution in [3.63, 3.8) is 0 Å². The number of likely N-dealkylation sites (tertiary alicyclic amines) is 1. The summed E-state index contributed by atoms with van der Waals surface area (Å²) in [7, 11) is 0. The molecule has 22 heavy (non-hydrogen) atoms. The molecule has 1 fully saturated rings. The summed E-state index contributed by atoms with van der Waals surface area (Å²) in [4.78, 5) is 31.4. The van der Waals surface area contributed by atoms with E-state index in [-0.39, 0.29) is 17.6 Å². The molecule has 1 amide bonds. The Labute approximate surface area is 125 Å². The van der Waals surface area contributed by atoms with Crippen molar-refractivity contribution in [3.8, 4) is 0 Å². The van der Waals surface area contributed by atoms with Crippen LogP contribution in [0.5, 0.6) is 0 Å². The van der Waals surface area contributed by atoms with Crippen LogP contribution < -0.4 is 5.69 Å². The maximum Gasteiger partial charge on any atom is 0.323 e. The highest BCUT2D eigenvalue weighted by Gasteiger charge is 2.29. The predicted molar refractivity (Wildman–Crippen MR) is 80.7 cm³/mol. The van der Waals surface area contributed by atoms with Gasteiger partial charge in [-0.2, -0.15) is 5.10 Å². The molecule has 0 spiro atoms. The van der Waals surface area contributed by atoms with E-state index in [1.54, 1.807) is 24.4 Å². The molecule has 3 heterocycles. The van der Waals surface area contributed by atoms with Gasteiger partial charge in [-0.25, -0.2) is 4.79 Å². The van der Waals surface area contributed by atoms with E-state index in [0.29, 0.717) is 29.7 Å². The second kappa shape index (κ2) is 4.87. The molecule has 1 atom stereocenters. The lowest BCUT2D eigenvalue weighted by Gasteiger charge is -2.17. The molecule has 0 aliphatic carbocycles. The van der Waals surface area contributed by atoms with Gasteiger partial charge in [0.2, 0.25) is 0 Å². The number of H-pyrrole nitrogens is 2. The molecule has 2 aromatic heterocycles. The van der Waals surface area contributed by atoms with Crippen molar-refractivity contribution in [2.75, 3.05) is 13.1 Å². The van der Waals surface area contributed by atoms with Crippen LogP contribution in [0.4, 0.5) is 0 Å². The van der Waals surface area contributed by atoms with Gasteiger partial charge < -0.3 is 14.9 Å². The van der Waals surface area contributed by atoms with Gasteiger partial charge in [-0.05, 0) is 24.6 Å². The van der Waals surface area contributed by atoms with Gasteiger partial charge in [0, 0.05) is 25.5 Å². The number of carbonyl (C=O) groups is 1. The molecule has 1 aliphatic rings. The zero-order valence-electron chi connectivity index (χ0n) is 11.8. The Kier molecular flexibility index (Phi) is 2.85. The van der Waals surface area contributed by atoms with Crippen molar-refractivity contribution < 1.29 is 4.79 Å². The van der Waals surface area contributed by atoms with E-state index in [1.807, 2.05) is 21.8 Å². The van der Waals surface area contributed by atoms with Gasteiger partial charge in [0.05, 0.1) is 22.6 Å². The Bertz CT molecular complexity index is 877. The van der Waals surface area contributed by atoms with Crippen molar-refractivity contribution in [2.45, 2.75) is 12.5 Å². The maximum atomic E-state index is 12.7. The van der Waals surface area contributed by atoms with E-state index in [1.165, 1.54) is 0 Å². The normalized spacial score (nSPS) is 18.2. The summed E-state index contributed by atoms with van der Waals surface area (Å²) in [6.45, 7) is 1.32. The lowest BCUT2D eigenvalue weighted by Crippen LogP contribution is -2.29. The number of carbonyl (C=O) groups excluding carboxylic acids is 1. The third-order valence-electron chi connectivity index (χ3n) is 4.13. The highest BCUT2D eigenvalue weighted by Crippen LogP contribution is 2.24. The molecule has 7 heteroatoms. The van der Waals surface area contributed by atoms with Crippen LogP contribution in [0.2, 0.25) is 0 Å². The van der Waals surface area contributed by atoms with Crippen LogP contribution in [0.1, 0.15) is 22.8 Å². The van der Waals surface area contributed by atoms with E-state index >= 15 is 0 Å². The van der Waals surface area contributed by atoms with Crippen LogP contribution in [0.15, 0.2) is 41.5 Å². The lowest BCUT2D eigenvalue weighted by atomic mass is 10.1. The van der Waals surface area contributed by atoms with Gasteiger partial charge in [0.25, 0.3) is 5.91 Å². The smallest absolute Gasteiger partial charge is 0.323 e. The molecule has 1 unspecified atom stereocenters. The summed E-state index contributed by atoms with van der Waals surface area (Å²) in [5.41, 5.74) is 1.45. The number of hydrogen-bond donors (Lipinski definition) is 2. The molecule has 7 nitrogen and oxygen atoms in total. The Morgan fingerprint density at radius 2 is 2.18 bits per heavy atom. The van der Waals surface area contributed by atoms with E-state index in [0.717, 1.165) is 6.42 Å². The highest BCUT2D eigenvalue weighted by atomic mass is 16.2. The summed E-state index contributed by atoms with van der Waals surface area (Å²) in [6, 6.07) is 7.40. The minimum atomic E-state index is -0.300. The number of benzene rings is 1. The number of amides is 1. The summed E-state index contributed by atoms with van der Waals surface area (Å²) in [6.07, 6.45) is 4.55. The molecule has 4 rings (SSSR count). The SMILES string of the molecule is O=C(c1cccc2[nH]c(=O)[nH]c12)N1CCC(n2cccn2)C1. The largest absolute Gasteiger partial charge is 0.336 e. The first-order valence-corrected chi connectivity index (χ1v) is 7.22. The van der Waals surface area contributed by atoms with Crippen LogP contribution in [0.3, 0.4) is 0 Å². The van der Waals surface area contributed by atoms with Crippen LogP contribution >= 0.6 is 0 Å². The minimum absolute atomic E-state index is 0.0597. The number of nitrogens with zero attached hydrogens (tertiary/aromatic N) is 3. The first-order valence-electron chi connectivity index (χ1n) is 7.22. The van der Waals surface area contributed by atoms with Crippen molar-refractivity contribution >= 4 is 16.9 Å². The second-order valence-corrected chi connectivity index (χ2v) is 5.49. The highest BCUT2D eigenvalue weighted by molar-refractivity contribution is 6.04. The first kappa shape index (κ1) is 12.9. The van der Waals surface area contributed by atoms with Crippen LogP contribution in [-0.4, -0.2) is 43.6 Å². The third-order valence-corrected chi connectivity index (χ3v) is 4.13. The van der Waals surface area contributed by atoms with Gasteiger partial charge >= 0.3 is 5.69 Å². The van der Waals surface area contributed by atoms with Crippen LogP contribution in [0, 0.1) is 0 Å². The zero-order valence-corrected chi connectivity index (χ0v) is 11.8. The second-order valence-electron chi connectivity index (χ2n) is 5.49. The Hall–Kier alpha value is -2.83. The first-order chi connectivity index (χ1) is 10.7. The monoisotopic (exact) mass is 297 g/mol. The minimum Gasteiger partial charge on any atom is -0.336 e.